The third-order valence-electron chi connectivity index (χ3n) is 12.9. The van der Waals surface area contributed by atoms with Gasteiger partial charge in [-0.15, -0.1) is 0 Å². The molecule has 0 amide bonds. The molecule has 0 unspecified atom stereocenters. The quantitative estimate of drug-likeness (QED) is 0.0565. The molecular formula is C55H116N2. The average Bonchev–Trinajstić information content (AvgIpc) is 3.22. The first-order valence-corrected chi connectivity index (χ1v) is 27.6. The Morgan fingerprint density at radius 1 is 0.193 bits per heavy atom. The molecule has 2 nitrogen and oxygen atoms in total. The molecule has 0 atom stereocenters. The first-order valence-electron chi connectivity index (χ1n) is 27.6. The van der Waals surface area contributed by atoms with E-state index in [2.05, 4.69) is 51.5 Å². The van der Waals surface area contributed by atoms with Crippen molar-refractivity contribution in [2.24, 2.45) is 0 Å². The van der Waals surface area contributed by atoms with E-state index in [-0.39, 0.29) is 0 Å². The van der Waals surface area contributed by atoms with Crippen LogP contribution in [-0.4, -0.2) is 49.6 Å². The molecule has 0 saturated carbocycles. The van der Waals surface area contributed by atoms with Gasteiger partial charge in [0, 0.05) is 0 Å². The van der Waals surface area contributed by atoms with Gasteiger partial charge in [0.2, 0.25) is 0 Å². The van der Waals surface area contributed by atoms with Crippen LogP contribution >= 0.6 is 0 Å². The summed E-state index contributed by atoms with van der Waals surface area (Å²) < 4.78 is 0. The van der Waals surface area contributed by atoms with E-state index in [1.165, 1.54) is 315 Å². The zero-order valence-corrected chi connectivity index (χ0v) is 41.5. The predicted octanol–water partition coefficient (Wildman–Crippen LogP) is 19.5. The highest BCUT2D eigenvalue weighted by molar-refractivity contribution is 4.59. The molecule has 0 spiro atoms. The Hall–Kier alpha value is -0.0800. The number of unbranched alkanes of at least 4 members (excludes halogenated alkanes) is 40. The van der Waals surface area contributed by atoms with Gasteiger partial charge in [-0.25, -0.2) is 0 Å². The van der Waals surface area contributed by atoms with Crippen molar-refractivity contribution in [3.63, 3.8) is 0 Å². The van der Waals surface area contributed by atoms with Crippen molar-refractivity contribution in [1.29, 1.82) is 0 Å². The Labute approximate surface area is 365 Å². The van der Waals surface area contributed by atoms with Crippen molar-refractivity contribution in [2.75, 3.05) is 39.8 Å². The normalized spacial score (nSPS) is 11.6. The molecule has 0 saturated heterocycles. The highest BCUT2D eigenvalue weighted by Crippen LogP contribution is 2.15. The van der Waals surface area contributed by atoms with Crippen LogP contribution in [0.5, 0.6) is 0 Å². The van der Waals surface area contributed by atoms with Crippen LogP contribution in [0, 0.1) is 0 Å². The van der Waals surface area contributed by atoms with Crippen molar-refractivity contribution in [2.45, 2.75) is 317 Å². The van der Waals surface area contributed by atoms with Crippen LogP contribution in [0.3, 0.4) is 0 Å². The van der Waals surface area contributed by atoms with Gasteiger partial charge in [-0.05, 0) is 65.5 Å². The summed E-state index contributed by atoms with van der Waals surface area (Å²) >= 11 is 0. The molecule has 0 N–H and O–H groups in total. The SMILES string of the molecule is CCCCCCCCCCCCCCN(C)CCCCCCCCCCCCCC.CCCCCCCCCCCCN(CC)CCCCCCCCCCCC. The minimum absolute atomic E-state index is 1.24. The van der Waals surface area contributed by atoms with Gasteiger partial charge >= 0.3 is 0 Å². The maximum atomic E-state index is 2.69. The van der Waals surface area contributed by atoms with Gasteiger partial charge in [0.05, 0.1) is 0 Å². The van der Waals surface area contributed by atoms with E-state index in [4.69, 9.17) is 0 Å². The average molecular weight is 806 g/mol. The molecule has 0 aliphatic rings. The lowest BCUT2D eigenvalue weighted by Gasteiger charge is -2.20. The zero-order valence-electron chi connectivity index (χ0n) is 41.5. The van der Waals surface area contributed by atoms with Crippen LogP contribution in [0.2, 0.25) is 0 Å². The molecule has 57 heavy (non-hydrogen) atoms. The van der Waals surface area contributed by atoms with Gasteiger partial charge in [-0.3, -0.25) is 0 Å². The van der Waals surface area contributed by atoms with Crippen molar-refractivity contribution in [1.82, 2.24) is 9.80 Å². The highest BCUT2D eigenvalue weighted by atomic mass is 15.1. The monoisotopic (exact) mass is 805 g/mol. The van der Waals surface area contributed by atoms with E-state index in [0.717, 1.165) is 0 Å². The molecule has 0 aliphatic carbocycles. The predicted molar refractivity (Wildman–Crippen MR) is 265 cm³/mol. The summed E-state index contributed by atoms with van der Waals surface area (Å²) in [4.78, 5) is 5.27. The highest BCUT2D eigenvalue weighted by Gasteiger charge is 2.03. The number of hydrogen-bond acceptors (Lipinski definition) is 2. The van der Waals surface area contributed by atoms with Gasteiger partial charge in [0.1, 0.15) is 0 Å². The molecule has 346 valence electrons. The standard InChI is InChI=1S/C29H61N.C26H55N/c1-4-6-8-10-12-14-16-18-20-22-24-26-28-30(3)29-27-25-23-21-19-17-15-13-11-9-7-5-2;1-4-7-9-11-13-15-17-19-21-23-25-27(6-3)26-24-22-20-18-16-14-12-10-8-5-2/h4-29H2,1-3H3;4-26H2,1-3H3. The van der Waals surface area contributed by atoms with Gasteiger partial charge in [-0.2, -0.15) is 0 Å². The van der Waals surface area contributed by atoms with Gasteiger partial charge in [0.15, 0.2) is 0 Å². The largest absolute Gasteiger partial charge is 0.306 e. The second-order valence-electron chi connectivity index (χ2n) is 18.9. The summed E-state index contributed by atoms with van der Waals surface area (Å²) in [7, 11) is 2.33. The van der Waals surface area contributed by atoms with E-state index in [1.807, 2.05) is 0 Å². The van der Waals surface area contributed by atoms with Crippen molar-refractivity contribution < 1.29 is 0 Å². The first kappa shape index (κ1) is 59.0. The maximum absolute atomic E-state index is 2.69. The van der Waals surface area contributed by atoms with E-state index in [0.29, 0.717) is 0 Å². The van der Waals surface area contributed by atoms with Crippen LogP contribution in [0.1, 0.15) is 317 Å². The number of hydrogen-bond donors (Lipinski definition) is 0. The van der Waals surface area contributed by atoms with Crippen LogP contribution in [-0.2, 0) is 0 Å². The maximum Gasteiger partial charge on any atom is -0.00189 e. The Balaban J connectivity index is 0. The summed E-state index contributed by atoms with van der Waals surface area (Å²) in [6.45, 7) is 18.1. The molecule has 0 aromatic heterocycles. The summed E-state index contributed by atoms with van der Waals surface area (Å²) in [6, 6.07) is 0. The summed E-state index contributed by atoms with van der Waals surface area (Å²) in [6.07, 6.45) is 63.8. The van der Waals surface area contributed by atoms with Crippen LogP contribution in [0.15, 0.2) is 0 Å². The van der Waals surface area contributed by atoms with Crippen molar-refractivity contribution >= 4 is 0 Å². The Morgan fingerprint density at radius 2 is 0.351 bits per heavy atom. The van der Waals surface area contributed by atoms with E-state index in [9.17, 15) is 0 Å². The second-order valence-corrected chi connectivity index (χ2v) is 18.9. The molecule has 0 heterocycles. The van der Waals surface area contributed by atoms with E-state index < -0.39 is 0 Å². The second kappa shape index (κ2) is 55.9. The Kier molecular flexibility index (Phi) is 57.9. The van der Waals surface area contributed by atoms with Gasteiger partial charge < -0.3 is 9.80 Å². The zero-order chi connectivity index (χ0) is 41.8. The molecule has 2 heteroatoms. The fourth-order valence-corrected chi connectivity index (χ4v) is 8.63. The summed E-state index contributed by atoms with van der Waals surface area (Å²) in [5.74, 6) is 0. The van der Waals surface area contributed by atoms with Gasteiger partial charge in [-0.1, -0.05) is 291 Å². The smallest absolute Gasteiger partial charge is 0.00189 e. The van der Waals surface area contributed by atoms with E-state index in [1.54, 1.807) is 0 Å². The summed E-state index contributed by atoms with van der Waals surface area (Å²) in [5.41, 5.74) is 0. The topological polar surface area (TPSA) is 6.48 Å². The summed E-state index contributed by atoms with van der Waals surface area (Å²) in [5, 5.41) is 0. The number of nitrogens with zero attached hydrogens (tertiary/aromatic N) is 2. The van der Waals surface area contributed by atoms with Crippen molar-refractivity contribution in [3.8, 4) is 0 Å². The molecular weight excluding hydrogens is 689 g/mol. The van der Waals surface area contributed by atoms with Gasteiger partial charge in [0.25, 0.3) is 0 Å². The fraction of sp³-hybridized carbons (Fsp3) is 1.00. The molecule has 0 aromatic rings. The third kappa shape index (κ3) is 55.9. The minimum Gasteiger partial charge on any atom is -0.306 e. The van der Waals surface area contributed by atoms with Crippen LogP contribution < -0.4 is 0 Å². The molecule has 0 radical (unpaired) electrons. The lowest BCUT2D eigenvalue weighted by molar-refractivity contribution is 0.273. The molecule has 0 fully saturated rings. The lowest BCUT2D eigenvalue weighted by atomic mass is 10.0. The minimum atomic E-state index is 1.24. The van der Waals surface area contributed by atoms with E-state index >= 15 is 0 Å². The first-order chi connectivity index (χ1) is 28.2. The number of rotatable bonds is 49. The molecule has 0 rings (SSSR count). The lowest BCUT2D eigenvalue weighted by Crippen LogP contribution is -2.25. The molecule has 0 aromatic carbocycles. The Morgan fingerprint density at radius 3 is 0.526 bits per heavy atom. The van der Waals surface area contributed by atoms with Crippen molar-refractivity contribution in [3.05, 3.63) is 0 Å². The third-order valence-corrected chi connectivity index (χ3v) is 12.9. The van der Waals surface area contributed by atoms with Crippen LogP contribution in [0.25, 0.3) is 0 Å². The molecule has 0 aliphatic heterocycles. The Bertz CT molecular complexity index is 596. The fourth-order valence-electron chi connectivity index (χ4n) is 8.63. The van der Waals surface area contributed by atoms with Crippen LogP contribution in [0.4, 0.5) is 0 Å². The molecule has 0 bridgehead atoms.